The number of benzene rings is 1. The summed E-state index contributed by atoms with van der Waals surface area (Å²) in [6, 6.07) is 5.71. The van der Waals surface area contributed by atoms with Crippen molar-refractivity contribution >= 4 is 44.4 Å². The van der Waals surface area contributed by atoms with Crippen molar-refractivity contribution in [1.82, 2.24) is 5.32 Å². The summed E-state index contributed by atoms with van der Waals surface area (Å²) in [6.07, 6.45) is 3.17. The van der Waals surface area contributed by atoms with Crippen molar-refractivity contribution in [3.05, 3.63) is 31.8 Å². The minimum absolute atomic E-state index is 0.0629. The minimum atomic E-state index is -0.177. The Balaban J connectivity index is 2.01. The van der Waals surface area contributed by atoms with Gasteiger partial charge in [-0.3, -0.25) is 4.79 Å². The van der Waals surface area contributed by atoms with Gasteiger partial charge in [-0.2, -0.15) is 0 Å². The zero-order chi connectivity index (χ0) is 12.5. The third-order valence-electron chi connectivity index (χ3n) is 3.12. The molecule has 1 aromatic rings. The van der Waals surface area contributed by atoms with E-state index in [0.29, 0.717) is 12.1 Å². The molecular weight excluding hydrogens is 395 g/mol. The van der Waals surface area contributed by atoms with E-state index in [1.165, 1.54) is 6.42 Å². The van der Waals surface area contributed by atoms with Crippen LogP contribution >= 0.6 is 38.5 Å². The molecule has 0 aromatic heterocycles. The summed E-state index contributed by atoms with van der Waals surface area (Å²) in [5, 5.41) is 2.91. The molecule has 2 rings (SSSR count). The van der Waals surface area contributed by atoms with Crippen LogP contribution in [0.2, 0.25) is 0 Å². The summed E-state index contributed by atoms with van der Waals surface area (Å²) in [5.74, 6) is -0.0629. The molecule has 1 amide bonds. The van der Waals surface area contributed by atoms with E-state index in [1.807, 2.05) is 18.2 Å². The van der Waals surface area contributed by atoms with Gasteiger partial charge >= 0.3 is 0 Å². The number of carbonyl (C=O) groups is 1. The van der Waals surface area contributed by atoms with Crippen LogP contribution in [0.4, 0.5) is 0 Å². The molecule has 0 bridgehead atoms. The van der Waals surface area contributed by atoms with Crippen molar-refractivity contribution in [2.45, 2.75) is 24.8 Å². The molecule has 1 fully saturated rings. The van der Waals surface area contributed by atoms with Gasteiger partial charge in [-0.1, -0.05) is 0 Å². The van der Waals surface area contributed by atoms with Crippen molar-refractivity contribution in [1.29, 1.82) is 0 Å². The molecule has 0 atom stereocenters. The first kappa shape index (κ1) is 13.3. The number of nitrogens with two attached hydrogens (primary N) is 1. The highest BCUT2D eigenvalue weighted by Crippen LogP contribution is 2.28. The van der Waals surface area contributed by atoms with Gasteiger partial charge in [0.25, 0.3) is 5.91 Å². The Morgan fingerprint density at radius 1 is 1.53 bits per heavy atom. The van der Waals surface area contributed by atoms with Gasteiger partial charge in [-0.05, 0) is 76.0 Å². The number of hydrogen-bond donors (Lipinski definition) is 2. The van der Waals surface area contributed by atoms with Crippen LogP contribution in [0.3, 0.4) is 0 Å². The summed E-state index contributed by atoms with van der Waals surface area (Å²) < 4.78 is 1.86. The number of amides is 1. The van der Waals surface area contributed by atoms with Crippen LogP contribution in [-0.4, -0.2) is 18.0 Å². The van der Waals surface area contributed by atoms with Crippen LogP contribution in [-0.2, 0) is 0 Å². The molecule has 3 nitrogen and oxygen atoms in total. The molecule has 0 spiro atoms. The zero-order valence-corrected chi connectivity index (χ0v) is 13.0. The lowest BCUT2D eigenvalue weighted by Crippen LogP contribution is -2.54. The average Bonchev–Trinajstić information content (AvgIpc) is 2.26. The molecule has 0 aliphatic heterocycles. The van der Waals surface area contributed by atoms with E-state index in [1.54, 1.807) is 0 Å². The Labute approximate surface area is 123 Å². The summed E-state index contributed by atoms with van der Waals surface area (Å²) in [5.41, 5.74) is 6.56. The summed E-state index contributed by atoms with van der Waals surface area (Å²) in [7, 11) is 0. The maximum atomic E-state index is 12.0. The minimum Gasteiger partial charge on any atom is -0.350 e. The van der Waals surface area contributed by atoms with E-state index in [0.717, 1.165) is 20.9 Å². The van der Waals surface area contributed by atoms with Gasteiger partial charge in [-0.25, -0.2) is 0 Å². The number of carbonyl (C=O) groups excluding carboxylic acids is 1. The second-order valence-electron chi connectivity index (χ2n) is 4.52. The fourth-order valence-corrected chi connectivity index (χ4v) is 2.75. The maximum absolute atomic E-state index is 12.0. The first-order chi connectivity index (χ1) is 8.00. The van der Waals surface area contributed by atoms with Crippen LogP contribution in [0, 0.1) is 3.57 Å². The van der Waals surface area contributed by atoms with Gasteiger partial charge in [0.2, 0.25) is 0 Å². The highest BCUT2D eigenvalue weighted by Gasteiger charge is 2.32. The van der Waals surface area contributed by atoms with Crippen LogP contribution in [0.25, 0.3) is 0 Å². The van der Waals surface area contributed by atoms with Crippen LogP contribution in [0.5, 0.6) is 0 Å². The SMILES string of the molecule is NC1(CNC(=O)c2cc(I)ccc2Br)CCC1. The molecule has 0 heterocycles. The molecule has 1 saturated carbocycles. The fraction of sp³-hybridized carbons (Fsp3) is 0.417. The average molecular weight is 409 g/mol. The van der Waals surface area contributed by atoms with Crippen molar-refractivity contribution < 1.29 is 4.79 Å². The smallest absolute Gasteiger partial charge is 0.252 e. The lowest BCUT2D eigenvalue weighted by Gasteiger charge is -2.38. The molecule has 1 aliphatic rings. The lowest BCUT2D eigenvalue weighted by molar-refractivity contribution is 0.0929. The third-order valence-corrected chi connectivity index (χ3v) is 4.49. The maximum Gasteiger partial charge on any atom is 0.252 e. The van der Waals surface area contributed by atoms with E-state index < -0.39 is 0 Å². The molecule has 5 heteroatoms. The topological polar surface area (TPSA) is 55.1 Å². The second-order valence-corrected chi connectivity index (χ2v) is 6.62. The van der Waals surface area contributed by atoms with E-state index in [9.17, 15) is 4.79 Å². The Kier molecular flexibility index (Phi) is 4.10. The standard InChI is InChI=1S/C12H14BrIN2O/c13-10-3-2-8(14)6-9(10)11(17)16-7-12(15)4-1-5-12/h2-3,6H,1,4-5,7,15H2,(H,16,17). The first-order valence-corrected chi connectivity index (χ1v) is 7.39. The number of halogens is 2. The second kappa shape index (κ2) is 5.24. The molecule has 17 heavy (non-hydrogen) atoms. The molecular formula is C12H14BrIN2O. The van der Waals surface area contributed by atoms with Gasteiger partial charge < -0.3 is 11.1 Å². The Hall–Kier alpha value is -0.140. The molecule has 3 N–H and O–H groups in total. The molecule has 0 saturated heterocycles. The van der Waals surface area contributed by atoms with Crippen molar-refractivity contribution in [3.63, 3.8) is 0 Å². The van der Waals surface area contributed by atoms with Crippen LogP contribution < -0.4 is 11.1 Å². The van der Waals surface area contributed by atoms with Gasteiger partial charge in [0, 0.05) is 20.1 Å². The van der Waals surface area contributed by atoms with Crippen LogP contribution in [0.15, 0.2) is 22.7 Å². The molecule has 1 aromatic carbocycles. The van der Waals surface area contributed by atoms with E-state index in [4.69, 9.17) is 5.73 Å². The highest BCUT2D eigenvalue weighted by atomic mass is 127. The Morgan fingerprint density at radius 3 is 2.82 bits per heavy atom. The van der Waals surface area contributed by atoms with E-state index >= 15 is 0 Å². The predicted molar refractivity (Wildman–Crippen MR) is 80.0 cm³/mol. The summed E-state index contributed by atoms with van der Waals surface area (Å²) in [6.45, 7) is 0.559. The fourth-order valence-electron chi connectivity index (χ4n) is 1.83. The van der Waals surface area contributed by atoms with Gasteiger partial charge in [0.1, 0.15) is 0 Å². The zero-order valence-electron chi connectivity index (χ0n) is 9.30. The van der Waals surface area contributed by atoms with Crippen molar-refractivity contribution in [3.8, 4) is 0 Å². The van der Waals surface area contributed by atoms with Crippen LogP contribution in [0.1, 0.15) is 29.6 Å². The van der Waals surface area contributed by atoms with E-state index in [-0.39, 0.29) is 11.4 Å². The molecule has 92 valence electrons. The van der Waals surface area contributed by atoms with E-state index in [2.05, 4.69) is 43.8 Å². The predicted octanol–water partition coefficient (Wildman–Crippen LogP) is 2.66. The molecule has 1 aliphatic carbocycles. The Morgan fingerprint density at radius 2 is 2.24 bits per heavy atom. The van der Waals surface area contributed by atoms with Gasteiger partial charge in [-0.15, -0.1) is 0 Å². The first-order valence-electron chi connectivity index (χ1n) is 5.52. The molecule has 0 radical (unpaired) electrons. The van der Waals surface area contributed by atoms with Crippen molar-refractivity contribution in [2.75, 3.05) is 6.54 Å². The summed E-state index contributed by atoms with van der Waals surface area (Å²) >= 11 is 5.58. The largest absolute Gasteiger partial charge is 0.350 e. The molecule has 0 unspecified atom stereocenters. The van der Waals surface area contributed by atoms with Gasteiger partial charge in [0.05, 0.1) is 5.56 Å². The highest BCUT2D eigenvalue weighted by molar-refractivity contribution is 14.1. The summed E-state index contributed by atoms with van der Waals surface area (Å²) in [4.78, 5) is 12.0. The van der Waals surface area contributed by atoms with Gasteiger partial charge in [0.15, 0.2) is 0 Å². The monoisotopic (exact) mass is 408 g/mol. The quantitative estimate of drug-likeness (QED) is 0.755. The van der Waals surface area contributed by atoms with Crippen molar-refractivity contribution in [2.24, 2.45) is 5.73 Å². The Bertz CT molecular complexity index is 446. The number of hydrogen-bond acceptors (Lipinski definition) is 2. The third kappa shape index (κ3) is 3.20. The normalized spacial score (nSPS) is 17.4. The number of rotatable bonds is 3. The number of nitrogens with one attached hydrogen (secondary N) is 1. The lowest BCUT2D eigenvalue weighted by atomic mass is 9.78.